The Hall–Kier alpha value is -1.05. The molecule has 2 fully saturated rings. The first kappa shape index (κ1) is 11.4. The summed E-state index contributed by atoms with van der Waals surface area (Å²) in [6.45, 7) is 7.62. The summed E-state index contributed by atoms with van der Waals surface area (Å²) in [7, 11) is 0. The molecule has 2 rings (SSSR count). The molecule has 0 bridgehead atoms. The molecule has 1 saturated carbocycles. The lowest BCUT2D eigenvalue weighted by atomic mass is 9.67. The van der Waals surface area contributed by atoms with E-state index in [-0.39, 0.29) is 17.5 Å². The van der Waals surface area contributed by atoms with E-state index < -0.39 is 0 Å². The van der Waals surface area contributed by atoms with E-state index in [0.717, 1.165) is 19.3 Å². The summed E-state index contributed by atoms with van der Waals surface area (Å²) in [6.07, 6.45) is 9.80. The van der Waals surface area contributed by atoms with Crippen molar-refractivity contribution in [3.63, 3.8) is 0 Å². The van der Waals surface area contributed by atoms with Crippen LogP contribution < -0.4 is 0 Å². The average Bonchev–Trinajstić information content (AvgIpc) is 2.62. The number of carbonyl (C=O) groups excluding carboxylic acids is 1. The smallest absolute Gasteiger partial charge is 0.333 e. The molecule has 88 valence electrons. The number of allylic oxidation sites excluding steroid dienone is 1. The standard InChI is InChI=1S/C14H20O2/c1-3-7-14(8-5-4-6-9-14)12-10-11(2)13(15)16-12/h3,12H,1-2,4-10H2. The third kappa shape index (κ3) is 1.93. The van der Waals surface area contributed by atoms with Gasteiger partial charge in [-0.25, -0.2) is 4.79 Å². The summed E-state index contributed by atoms with van der Waals surface area (Å²) in [6, 6.07) is 0. The molecule has 0 aromatic rings. The van der Waals surface area contributed by atoms with Crippen molar-refractivity contribution in [2.45, 2.75) is 51.0 Å². The monoisotopic (exact) mass is 220 g/mol. The average molecular weight is 220 g/mol. The predicted octanol–water partition coefficient (Wildman–Crippen LogP) is 3.38. The van der Waals surface area contributed by atoms with Crippen molar-refractivity contribution in [3.05, 3.63) is 24.8 Å². The summed E-state index contributed by atoms with van der Waals surface area (Å²) in [5, 5.41) is 0. The van der Waals surface area contributed by atoms with Gasteiger partial charge in [-0.1, -0.05) is 31.9 Å². The van der Waals surface area contributed by atoms with E-state index in [0.29, 0.717) is 12.0 Å². The van der Waals surface area contributed by atoms with Crippen molar-refractivity contribution in [3.8, 4) is 0 Å². The highest BCUT2D eigenvalue weighted by Gasteiger charge is 2.45. The lowest BCUT2D eigenvalue weighted by molar-refractivity contribution is -0.145. The van der Waals surface area contributed by atoms with E-state index in [4.69, 9.17) is 4.74 Å². The molecule has 1 saturated heterocycles. The molecule has 0 aromatic heterocycles. The van der Waals surface area contributed by atoms with Gasteiger partial charge in [-0.2, -0.15) is 0 Å². The SMILES string of the molecule is C=CCC1(C2CC(=C)C(=O)O2)CCCCC1. The zero-order valence-corrected chi connectivity index (χ0v) is 9.84. The maximum atomic E-state index is 11.4. The Morgan fingerprint density at radius 3 is 2.56 bits per heavy atom. The maximum absolute atomic E-state index is 11.4. The second kappa shape index (κ2) is 4.44. The van der Waals surface area contributed by atoms with Crippen LogP contribution in [0.25, 0.3) is 0 Å². The molecule has 1 unspecified atom stereocenters. The van der Waals surface area contributed by atoms with Gasteiger partial charge in [-0.15, -0.1) is 6.58 Å². The Labute approximate surface area is 97.4 Å². The number of ether oxygens (including phenoxy) is 1. The fourth-order valence-corrected chi connectivity index (χ4v) is 3.10. The summed E-state index contributed by atoms with van der Waals surface area (Å²) in [5.74, 6) is -0.195. The van der Waals surface area contributed by atoms with Crippen LogP contribution in [0.1, 0.15) is 44.9 Å². The van der Waals surface area contributed by atoms with Crippen LogP contribution in [0.15, 0.2) is 24.8 Å². The van der Waals surface area contributed by atoms with Crippen LogP contribution >= 0.6 is 0 Å². The first-order valence-electron chi connectivity index (χ1n) is 6.18. The van der Waals surface area contributed by atoms with Crippen molar-refractivity contribution in [2.75, 3.05) is 0 Å². The number of esters is 1. The Morgan fingerprint density at radius 2 is 2.06 bits per heavy atom. The molecule has 0 radical (unpaired) electrons. The van der Waals surface area contributed by atoms with Gasteiger partial charge in [-0.05, 0) is 19.3 Å². The van der Waals surface area contributed by atoms with Gasteiger partial charge in [0, 0.05) is 17.4 Å². The Bertz CT molecular complexity index is 295. The molecule has 2 heteroatoms. The van der Waals surface area contributed by atoms with E-state index in [1.807, 2.05) is 6.08 Å². The third-order valence-corrected chi connectivity index (χ3v) is 4.05. The molecule has 0 spiro atoms. The second-order valence-electron chi connectivity index (χ2n) is 5.12. The van der Waals surface area contributed by atoms with E-state index in [1.165, 1.54) is 19.3 Å². The fourth-order valence-electron chi connectivity index (χ4n) is 3.10. The lowest BCUT2D eigenvalue weighted by Gasteiger charge is -2.40. The molecular formula is C14H20O2. The number of cyclic esters (lactones) is 1. The summed E-state index contributed by atoms with van der Waals surface area (Å²) >= 11 is 0. The van der Waals surface area contributed by atoms with Crippen LogP contribution in [-0.4, -0.2) is 12.1 Å². The van der Waals surface area contributed by atoms with Gasteiger partial charge in [0.05, 0.1) is 0 Å². The zero-order valence-electron chi connectivity index (χ0n) is 9.84. The van der Waals surface area contributed by atoms with E-state index in [2.05, 4.69) is 13.2 Å². The molecule has 16 heavy (non-hydrogen) atoms. The Balaban J connectivity index is 2.15. The van der Waals surface area contributed by atoms with Crippen LogP contribution in [0.5, 0.6) is 0 Å². The molecule has 1 atom stereocenters. The van der Waals surface area contributed by atoms with Crippen molar-refractivity contribution < 1.29 is 9.53 Å². The fraction of sp³-hybridized carbons (Fsp3) is 0.643. The quantitative estimate of drug-likeness (QED) is 0.414. The maximum Gasteiger partial charge on any atom is 0.333 e. The largest absolute Gasteiger partial charge is 0.458 e. The van der Waals surface area contributed by atoms with Crippen LogP contribution in [-0.2, 0) is 9.53 Å². The summed E-state index contributed by atoms with van der Waals surface area (Å²) < 4.78 is 5.48. The normalized spacial score (nSPS) is 28.9. The molecule has 1 heterocycles. The number of rotatable bonds is 3. The highest BCUT2D eigenvalue weighted by Crippen LogP contribution is 2.47. The summed E-state index contributed by atoms with van der Waals surface area (Å²) in [4.78, 5) is 11.4. The molecule has 0 amide bonds. The molecule has 2 nitrogen and oxygen atoms in total. The van der Waals surface area contributed by atoms with Crippen LogP contribution in [0.2, 0.25) is 0 Å². The minimum atomic E-state index is -0.195. The van der Waals surface area contributed by atoms with Gasteiger partial charge in [0.1, 0.15) is 6.10 Å². The topological polar surface area (TPSA) is 26.3 Å². The van der Waals surface area contributed by atoms with Gasteiger partial charge < -0.3 is 4.74 Å². The second-order valence-corrected chi connectivity index (χ2v) is 5.12. The van der Waals surface area contributed by atoms with Crippen molar-refractivity contribution in [1.82, 2.24) is 0 Å². The first-order chi connectivity index (χ1) is 7.68. The number of hydrogen-bond acceptors (Lipinski definition) is 2. The number of hydrogen-bond donors (Lipinski definition) is 0. The van der Waals surface area contributed by atoms with Gasteiger partial charge in [-0.3, -0.25) is 0 Å². The van der Waals surface area contributed by atoms with Crippen molar-refractivity contribution in [1.29, 1.82) is 0 Å². The van der Waals surface area contributed by atoms with Gasteiger partial charge in [0.15, 0.2) is 0 Å². The molecule has 2 aliphatic rings. The van der Waals surface area contributed by atoms with Crippen molar-refractivity contribution >= 4 is 5.97 Å². The molecule has 0 aromatic carbocycles. The Morgan fingerprint density at radius 1 is 1.38 bits per heavy atom. The molecule has 1 aliphatic carbocycles. The van der Waals surface area contributed by atoms with Crippen molar-refractivity contribution in [2.24, 2.45) is 5.41 Å². The highest BCUT2D eigenvalue weighted by atomic mass is 16.6. The van der Waals surface area contributed by atoms with Gasteiger partial charge in [0.2, 0.25) is 0 Å². The minimum absolute atomic E-state index is 0.0470. The number of carbonyl (C=O) groups is 1. The van der Waals surface area contributed by atoms with Crippen LogP contribution in [0.4, 0.5) is 0 Å². The molecule has 0 N–H and O–H groups in total. The molecule has 1 aliphatic heterocycles. The highest BCUT2D eigenvalue weighted by molar-refractivity contribution is 5.90. The van der Waals surface area contributed by atoms with E-state index in [9.17, 15) is 4.79 Å². The van der Waals surface area contributed by atoms with E-state index >= 15 is 0 Å². The summed E-state index contributed by atoms with van der Waals surface area (Å²) in [5.41, 5.74) is 0.786. The van der Waals surface area contributed by atoms with Crippen LogP contribution in [0, 0.1) is 5.41 Å². The predicted molar refractivity (Wildman–Crippen MR) is 64.0 cm³/mol. The van der Waals surface area contributed by atoms with E-state index in [1.54, 1.807) is 0 Å². The Kier molecular flexibility index (Phi) is 3.17. The van der Waals surface area contributed by atoms with Gasteiger partial charge in [0.25, 0.3) is 0 Å². The minimum Gasteiger partial charge on any atom is -0.458 e. The zero-order chi connectivity index (χ0) is 11.6. The first-order valence-corrected chi connectivity index (χ1v) is 6.18. The van der Waals surface area contributed by atoms with Gasteiger partial charge >= 0.3 is 5.97 Å². The third-order valence-electron chi connectivity index (χ3n) is 4.05. The molecular weight excluding hydrogens is 200 g/mol. The van der Waals surface area contributed by atoms with Crippen LogP contribution in [0.3, 0.4) is 0 Å². The lowest BCUT2D eigenvalue weighted by Crippen LogP contribution is -2.36.